The fourth-order valence-electron chi connectivity index (χ4n) is 0.625. The van der Waals surface area contributed by atoms with Crippen molar-refractivity contribution in [3.63, 3.8) is 0 Å². The van der Waals surface area contributed by atoms with Crippen LogP contribution in [0.3, 0.4) is 0 Å². The molecule has 0 aliphatic rings. The van der Waals surface area contributed by atoms with Gasteiger partial charge in [-0.1, -0.05) is 17.8 Å². The van der Waals surface area contributed by atoms with E-state index >= 15 is 0 Å². The zero-order valence-corrected chi connectivity index (χ0v) is 6.95. The van der Waals surface area contributed by atoms with E-state index < -0.39 is 0 Å². The fourth-order valence-corrected chi connectivity index (χ4v) is 1.43. The van der Waals surface area contributed by atoms with Crippen LogP contribution in [0.4, 0.5) is 0 Å². The molecule has 0 spiro atoms. The molecule has 0 saturated heterocycles. The van der Waals surface area contributed by atoms with Crippen molar-refractivity contribution in [3.8, 4) is 0 Å². The lowest BCUT2D eigenvalue weighted by atomic mass is 10.4. The lowest BCUT2D eigenvalue weighted by Gasteiger charge is -1.94. The molecule has 52 valence electrons. The molecule has 3 heteroatoms. The normalized spacial score (nSPS) is 9.30. The van der Waals surface area contributed by atoms with Gasteiger partial charge >= 0.3 is 0 Å². The summed E-state index contributed by atoms with van der Waals surface area (Å²) >= 11 is 5.54. The highest BCUT2D eigenvalue weighted by molar-refractivity contribution is 8.12. The first-order valence-corrected chi connectivity index (χ1v) is 4.10. The summed E-state index contributed by atoms with van der Waals surface area (Å²) in [5.74, 6) is 0. The monoisotopic (exact) mass is 169 g/mol. The van der Waals surface area contributed by atoms with Crippen LogP contribution in [0.15, 0.2) is 34.1 Å². The highest BCUT2D eigenvalue weighted by Crippen LogP contribution is 2.17. The van der Waals surface area contributed by atoms with Crippen LogP contribution in [0.2, 0.25) is 0 Å². The first-order valence-electron chi connectivity index (χ1n) is 2.77. The Morgan fingerprint density at radius 1 is 1.50 bits per heavy atom. The van der Waals surface area contributed by atoms with Crippen LogP contribution in [0.25, 0.3) is 0 Å². The van der Waals surface area contributed by atoms with Gasteiger partial charge in [0.05, 0.1) is 5.55 Å². The van der Waals surface area contributed by atoms with E-state index in [1.165, 1.54) is 17.3 Å². The van der Waals surface area contributed by atoms with Gasteiger partial charge in [0.2, 0.25) is 0 Å². The Bertz CT molecular complexity index is 235. The van der Waals surface area contributed by atoms with Gasteiger partial charge in [0.1, 0.15) is 0 Å². The van der Waals surface area contributed by atoms with Crippen LogP contribution < -0.4 is 0 Å². The van der Waals surface area contributed by atoms with Crippen molar-refractivity contribution in [3.05, 3.63) is 24.3 Å². The van der Waals surface area contributed by atoms with E-state index in [1.807, 2.05) is 24.3 Å². The minimum absolute atomic E-state index is 0.937. The highest BCUT2D eigenvalue weighted by Gasteiger charge is 1.89. The summed E-state index contributed by atoms with van der Waals surface area (Å²) in [5, 5.41) is 6.82. The van der Waals surface area contributed by atoms with E-state index in [9.17, 15) is 0 Å². The molecule has 1 aromatic rings. The van der Waals surface area contributed by atoms with E-state index in [0.29, 0.717) is 0 Å². The molecule has 0 amide bonds. The van der Waals surface area contributed by atoms with Crippen LogP contribution in [0.1, 0.15) is 0 Å². The van der Waals surface area contributed by atoms with Gasteiger partial charge in [-0.15, -0.1) is 12.6 Å². The molecule has 0 fully saturated rings. The fraction of sp³-hybridized carbons (Fsp3) is 0. The number of hydrogen-bond acceptors (Lipinski definition) is 3. The maximum Gasteiger partial charge on any atom is 0.0554 e. The molecule has 0 atom stereocenters. The molecule has 0 aromatic heterocycles. The van der Waals surface area contributed by atoms with Crippen molar-refractivity contribution >= 4 is 29.9 Å². The molecule has 1 rings (SSSR count). The average molecular weight is 169 g/mol. The van der Waals surface area contributed by atoms with E-state index in [0.717, 1.165) is 9.79 Å². The van der Waals surface area contributed by atoms with E-state index in [4.69, 9.17) is 5.41 Å². The summed E-state index contributed by atoms with van der Waals surface area (Å²) in [7, 11) is 0. The third-order valence-corrected chi connectivity index (χ3v) is 1.93. The lowest BCUT2D eigenvalue weighted by Crippen LogP contribution is -1.69. The molecule has 0 radical (unpaired) electrons. The number of thioether (sulfide) groups is 1. The largest absolute Gasteiger partial charge is 0.302 e. The van der Waals surface area contributed by atoms with Gasteiger partial charge in [0.25, 0.3) is 0 Å². The van der Waals surface area contributed by atoms with Crippen molar-refractivity contribution in [2.45, 2.75) is 9.79 Å². The molecule has 0 aliphatic heterocycles. The Morgan fingerprint density at radius 3 is 2.90 bits per heavy atom. The predicted octanol–water partition coefficient (Wildman–Crippen LogP) is 2.67. The summed E-state index contributed by atoms with van der Waals surface area (Å²) in [4.78, 5) is 1.99. The summed E-state index contributed by atoms with van der Waals surface area (Å²) in [5.41, 5.74) is 1.31. The smallest absolute Gasteiger partial charge is 0.0554 e. The summed E-state index contributed by atoms with van der Waals surface area (Å²) in [6.45, 7) is 0. The standard InChI is InChI=1S/C7H7NS2/c8-5-10-7-3-1-2-6(9)4-7/h1-5,8-9H. The number of hydrogen-bond donors (Lipinski definition) is 2. The maximum atomic E-state index is 6.82. The minimum Gasteiger partial charge on any atom is -0.302 e. The van der Waals surface area contributed by atoms with Gasteiger partial charge in [-0.25, -0.2) is 0 Å². The Morgan fingerprint density at radius 2 is 2.30 bits per heavy atom. The Hall–Kier alpha value is -0.410. The van der Waals surface area contributed by atoms with E-state index in [2.05, 4.69) is 12.6 Å². The summed E-state index contributed by atoms with van der Waals surface area (Å²) in [6.07, 6.45) is 0. The zero-order valence-electron chi connectivity index (χ0n) is 5.24. The topological polar surface area (TPSA) is 23.9 Å². The number of thiol groups is 1. The van der Waals surface area contributed by atoms with Gasteiger partial charge in [-0.05, 0) is 18.2 Å². The molecule has 0 heterocycles. The van der Waals surface area contributed by atoms with Crippen LogP contribution in [-0.2, 0) is 0 Å². The molecule has 1 N–H and O–H groups in total. The van der Waals surface area contributed by atoms with Crippen LogP contribution in [0.5, 0.6) is 0 Å². The van der Waals surface area contributed by atoms with Gasteiger partial charge in [-0.3, -0.25) is 0 Å². The van der Waals surface area contributed by atoms with Crippen molar-refractivity contribution < 1.29 is 0 Å². The average Bonchev–Trinajstić information content (AvgIpc) is 1.88. The third kappa shape index (κ3) is 2.08. The molecule has 0 bridgehead atoms. The van der Waals surface area contributed by atoms with Gasteiger partial charge in [0.15, 0.2) is 0 Å². The molecular formula is C7H7NS2. The minimum atomic E-state index is 0.937. The lowest BCUT2D eigenvalue weighted by molar-refractivity contribution is 1.35. The van der Waals surface area contributed by atoms with Gasteiger partial charge in [0, 0.05) is 9.79 Å². The maximum absolute atomic E-state index is 6.82. The summed E-state index contributed by atoms with van der Waals surface area (Å²) < 4.78 is 0. The molecule has 0 saturated carbocycles. The predicted molar refractivity (Wildman–Crippen MR) is 48.3 cm³/mol. The number of nitrogens with one attached hydrogen (secondary N) is 1. The SMILES string of the molecule is N=CSc1cccc(S)c1. The number of benzene rings is 1. The van der Waals surface area contributed by atoms with E-state index in [1.54, 1.807) is 0 Å². The van der Waals surface area contributed by atoms with Crippen molar-refractivity contribution in [1.29, 1.82) is 5.41 Å². The number of rotatable bonds is 2. The Labute approximate surface area is 69.8 Å². The molecule has 10 heavy (non-hydrogen) atoms. The molecule has 0 unspecified atom stereocenters. The highest BCUT2D eigenvalue weighted by atomic mass is 32.2. The third-order valence-electron chi connectivity index (χ3n) is 1.01. The van der Waals surface area contributed by atoms with Crippen molar-refractivity contribution in [1.82, 2.24) is 0 Å². The zero-order chi connectivity index (χ0) is 7.40. The van der Waals surface area contributed by atoms with Crippen LogP contribution in [0, 0.1) is 5.41 Å². The van der Waals surface area contributed by atoms with E-state index in [-0.39, 0.29) is 0 Å². The molecule has 0 aliphatic carbocycles. The van der Waals surface area contributed by atoms with Gasteiger partial charge in [-0.2, -0.15) is 0 Å². The Kier molecular flexibility index (Phi) is 2.83. The first-order chi connectivity index (χ1) is 4.83. The second-order valence-corrected chi connectivity index (χ2v) is 3.19. The van der Waals surface area contributed by atoms with Crippen molar-refractivity contribution in [2.24, 2.45) is 0 Å². The molecule has 1 aromatic carbocycles. The van der Waals surface area contributed by atoms with Gasteiger partial charge < -0.3 is 5.41 Å². The second kappa shape index (κ2) is 3.68. The molecular weight excluding hydrogens is 162 g/mol. The van der Waals surface area contributed by atoms with Crippen molar-refractivity contribution in [2.75, 3.05) is 0 Å². The summed E-state index contributed by atoms with van der Waals surface area (Å²) in [6, 6.07) is 7.72. The second-order valence-electron chi connectivity index (χ2n) is 1.73. The Balaban J connectivity index is 2.84. The first kappa shape index (κ1) is 7.69. The van der Waals surface area contributed by atoms with Crippen LogP contribution in [-0.4, -0.2) is 5.55 Å². The van der Waals surface area contributed by atoms with Crippen LogP contribution >= 0.6 is 24.4 Å². The quantitative estimate of drug-likeness (QED) is 0.302. The molecule has 1 nitrogen and oxygen atoms in total.